The number of nitrogens with zero attached hydrogens (tertiary/aromatic N) is 1. The summed E-state index contributed by atoms with van der Waals surface area (Å²) in [6, 6.07) is 4.02. The number of halogens is 2. The fourth-order valence-electron chi connectivity index (χ4n) is 1.48. The molecule has 1 amide bonds. The Morgan fingerprint density at radius 1 is 1.47 bits per heavy atom. The molecule has 1 aromatic carbocycles. The van der Waals surface area contributed by atoms with Gasteiger partial charge in [0, 0.05) is 12.7 Å². The van der Waals surface area contributed by atoms with Crippen LogP contribution < -0.4 is 10.6 Å². The van der Waals surface area contributed by atoms with Crippen molar-refractivity contribution >= 4 is 39.7 Å². The monoisotopic (exact) mass is 299 g/mol. The van der Waals surface area contributed by atoms with E-state index in [4.69, 9.17) is 11.6 Å². The highest BCUT2D eigenvalue weighted by atomic mass is 35.5. The van der Waals surface area contributed by atoms with Gasteiger partial charge in [0.05, 0.1) is 10.7 Å². The van der Waals surface area contributed by atoms with Crippen LogP contribution in [0.3, 0.4) is 0 Å². The number of aryl methyl sites for hydroxylation is 1. The van der Waals surface area contributed by atoms with E-state index >= 15 is 0 Å². The number of aromatic nitrogens is 1. The summed E-state index contributed by atoms with van der Waals surface area (Å²) < 4.78 is 13.0. The predicted octanol–water partition coefficient (Wildman–Crippen LogP) is 3.54. The molecule has 0 aliphatic rings. The molecule has 0 atom stereocenters. The maximum absolute atomic E-state index is 13.0. The van der Waals surface area contributed by atoms with Gasteiger partial charge in [-0.2, -0.15) is 0 Å². The molecular weight excluding hydrogens is 289 g/mol. The Morgan fingerprint density at radius 2 is 2.21 bits per heavy atom. The van der Waals surface area contributed by atoms with Crippen LogP contribution in [0.25, 0.3) is 0 Å². The molecule has 0 saturated carbocycles. The number of amides is 1. The molecule has 0 fully saturated rings. The van der Waals surface area contributed by atoms with Gasteiger partial charge in [0.15, 0.2) is 5.13 Å². The van der Waals surface area contributed by atoms with Crippen LogP contribution in [-0.2, 0) is 0 Å². The van der Waals surface area contributed by atoms with Gasteiger partial charge < -0.3 is 10.6 Å². The predicted molar refractivity (Wildman–Crippen MR) is 75.8 cm³/mol. The minimum atomic E-state index is -0.522. The van der Waals surface area contributed by atoms with Crippen molar-refractivity contribution in [3.8, 4) is 0 Å². The van der Waals surface area contributed by atoms with E-state index in [0.717, 1.165) is 0 Å². The van der Waals surface area contributed by atoms with E-state index in [9.17, 15) is 9.18 Å². The minimum absolute atomic E-state index is 0.0326. The highest BCUT2D eigenvalue weighted by Gasteiger charge is 2.15. The van der Waals surface area contributed by atoms with Crippen LogP contribution in [0, 0.1) is 12.7 Å². The number of carbonyl (C=O) groups is 1. The Kier molecular flexibility index (Phi) is 4.01. The highest BCUT2D eigenvalue weighted by Crippen LogP contribution is 2.24. The van der Waals surface area contributed by atoms with Crippen LogP contribution in [-0.4, -0.2) is 17.9 Å². The van der Waals surface area contributed by atoms with Crippen molar-refractivity contribution in [2.75, 3.05) is 17.7 Å². The molecule has 0 spiro atoms. The Balaban J connectivity index is 2.20. The molecule has 1 heterocycles. The average Bonchev–Trinajstić information content (AvgIpc) is 2.75. The fraction of sp³-hybridized carbons (Fsp3) is 0.167. The quantitative estimate of drug-likeness (QED) is 0.911. The van der Waals surface area contributed by atoms with Gasteiger partial charge >= 0.3 is 0 Å². The molecule has 2 aromatic rings. The van der Waals surface area contributed by atoms with Crippen LogP contribution in [0.2, 0.25) is 5.02 Å². The molecule has 19 heavy (non-hydrogen) atoms. The summed E-state index contributed by atoms with van der Waals surface area (Å²) in [6.45, 7) is 1.75. The van der Waals surface area contributed by atoms with E-state index in [0.29, 0.717) is 21.4 Å². The first kappa shape index (κ1) is 13.8. The summed E-state index contributed by atoms with van der Waals surface area (Å²) in [5.41, 5.74) is 1.08. The van der Waals surface area contributed by atoms with Crippen molar-refractivity contribution in [3.63, 3.8) is 0 Å². The standard InChI is InChI=1S/C12H11ClFN3OS/c1-6-10(19-12(15-2)16-6)11(18)17-7-3-4-9(14)8(13)5-7/h3-5H,1-2H3,(H,15,16)(H,17,18). The average molecular weight is 300 g/mol. The third-order valence-corrected chi connectivity index (χ3v) is 3.86. The van der Waals surface area contributed by atoms with Gasteiger partial charge in [0.25, 0.3) is 5.91 Å². The highest BCUT2D eigenvalue weighted by molar-refractivity contribution is 7.17. The van der Waals surface area contributed by atoms with E-state index in [1.165, 1.54) is 29.5 Å². The minimum Gasteiger partial charge on any atom is -0.365 e. The lowest BCUT2D eigenvalue weighted by Crippen LogP contribution is -2.11. The summed E-state index contributed by atoms with van der Waals surface area (Å²) in [5, 5.41) is 6.17. The van der Waals surface area contributed by atoms with Gasteiger partial charge in [-0.15, -0.1) is 0 Å². The smallest absolute Gasteiger partial charge is 0.267 e. The maximum atomic E-state index is 13.0. The van der Waals surface area contributed by atoms with Crippen molar-refractivity contribution in [2.24, 2.45) is 0 Å². The van der Waals surface area contributed by atoms with Crippen molar-refractivity contribution < 1.29 is 9.18 Å². The number of thiazole rings is 1. The number of hydrogen-bond donors (Lipinski definition) is 2. The van der Waals surface area contributed by atoms with Crippen LogP contribution in [0.5, 0.6) is 0 Å². The zero-order valence-corrected chi connectivity index (χ0v) is 11.8. The molecule has 0 aliphatic carbocycles. The van der Waals surface area contributed by atoms with Crippen LogP contribution >= 0.6 is 22.9 Å². The maximum Gasteiger partial charge on any atom is 0.267 e. The molecule has 0 radical (unpaired) electrons. The molecule has 0 unspecified atom stereocenters. The van der Waals surface area contributed by atoms with Gasteiger partial charge in [0.1, 0.15) is 10.7 Å². The second-order valence-electron chi connectivity index (χ2n) is 3.77. The molecule has 4 nitrogen and oxygen atoms in total. The third kappa shape index (κ3) is 3.02. The first-order valence-electron chi connectivity index (χ1n) is 5.43. The summed E-state index contributed by atoms with van der Waals surface area (Å²) in [7, 11) is 1.74. The molecule has 0 bridgehead atoms. The third-order valence-electron chi connectivity index (χ3n) is 2.39. The number of anilines is 2. The molecule has 100 valence electrons. The van der Waals surface area contributed by atoms with Crippen molar-refractivity contribution in [1.82, 2.24) is 4.98 Å². The SMILES string of the molecule is CNc1nc(C)c(C(=O)Nc2ccc(F)c(Cl)c2)s1. The Hall–Kier alpha value is -1.66. The summed E-state index contributed by atoms with van der Waals surface area (Å²) >= 11 is 6.91. The number of benzene rings is 1. The molecule has 0 saturated heterocycles. The summed E-state index contributed by atoms with van der Waals surface area (Å²) in [5.74, 6) is -0.815. The van der Waals surface area contributed by atoms with Crippen molar-refractivity contribution in [3.05, 3.63) is 39.6 Å². The van der Waals surface area contributed by atoms with Crippen LogP contribution in [0.1, 0.15) is 15.4 Å². The Bertz CT molecular complexity index is 629. The summed E-state index contributed by atoms with van der Waals surface area (Å²) in [6.07, 6.45) is 0. The van der Waals surface area contributed by atoms with Gasteiger partial charge in [-0.3, -0.25) is 4.79 Å². The second kappa shape index (κ2) is 5.54. The summed E-state index contributed by atoms with van der Waals surface area (Å²) in [4.78, 5) is 16.7. The topological polar surface area (TPSA) is 54.0 Å². The van der Waals surface area contributed by atoms with Gasteiger partial charge in [0.2, 0.25) is 0 Å². The van der Waals surface area contributed by atoms with E-state index < -0.39 is 5.82 Å². The zero-order valence-electron chi connectivity index (χ0n) is 10.3. The molecule has 1 aromatic heterocycles. The van der Waals surface area contributed by atoms with E-state index in [-0.39, 0.29) is 10.9 Å². The largest absolute Gasteiger partial charge is 0.365 e. The lowest BCUT2D eigenvalue weighted by Gasteiger charge is -2.04. The lowest BCUT2D eigenvalue weighted by molar-refractivity contribution is 0.103. The number of nitrogens with one attached hydrogen (secondary N) is 2. The first-order chi connectivity index (χ1) is 9.01. The first-order valence-corrected chi connectivity index (χ1v) is 6.62. The molecule has 2 rings (SSSR count). The Labute approximate surface area is 118 Å². The molecular formula is C12H11ClFN3OS. The van der Waals surface area contributed by atoms with Crippen LogP contribution in [0.4, 0.5) is 15.2 Å². The number of rotatable bonds is 3. The van der Waals surface area contributed by atoms with Gasteiger partial charge in [-0.05, 0) is 25.1 Å². The van der Waals surface area contributed by atoms with E-state index in [2.05, 4.69) is 15.6 Å². The van der Waals surface area contributed by atoms with Gasteiger partial charge in [-0.25, -0.2) is 9.37 Å². The molecule has 2 N–H and O–H groups in total. The second-order valence-corrected chi connectivity index (χ2v) is 5.17. The number of hydrogen-bond acceptors (Lipinski definition) is 4. The van der Waals surface area contributed by atoms with Crippen molar-refractivity contribution in [2.45, 2.75) is 6.92 Å². The number of carbonyl (C=O) groups excluding carboxylic acids is 1. The Morgan fingerprint density at radius 3 is 2.79 bits per heavy atom. The van der Waals surface area contributed by atoms with E-state index in [1.54, 1.807) is 14.0 Å². The van der Waals surface area contributed by atoms with E-state index in [1.807, 2.05) is 0 Å². The van der Waals surface area contributed by atoms with Crippen molar-refractivity contribution in [1.29, 1.82) is 0 Å². The van der Waals surface area contributed by atoms with Gasteiger partial charge in [-0.1, -0.05) is 22.9 Å². The molecule has 0 aliphatic heterocycles. The fourth-order valence-corrected chi connectivity index (χ4v) is 2.47. The molecule has 7 heteroatoms. The van der Waals surface area contributed by atoms with Crippen LogP contribution in [0.15, 0.2) is 18.2 Å². The normalized spacial score (nSPS) is 10.3. The zero-order chi connectivity index (χ0) is 14.0. The lowest BCUT2D eigenvalue weighted by atomic mass is 10.3.